The second-order valence-electron chi connectivity index (χ2n) is 3.64. The van der Waals surface area contributed by atoms with E-state index in [2.05, 4.69) is 0 Å². The van der Waals surface area contributed by atoms with Crippen molar-refractivity contribution >= 4 is 11.6 Å². The lowest BCUT2D eigenvalue weighted by atomic mass is 10.0. The molecule has 16 heavy (non-hydrogen) atoms. The molecule has 2 N–H and O–H groups in total. The zero-order chi connectivity index (χ0) is 12.0. The molecule has 0 aliphatic carbocycles. The fourth-order valence-corrected chi connectivity index (χ4v) is 1.69. The summed E-state index contributed by atoms with van der Waals surface area (Å²) >= 11 is 6.00. The summed E-state index contributed by atoms with van der Waals surface area (Å²) in [7, 11) is 0. The number of nitrogens with two attached hydrogens (primary N) is 1. The van der Waals surface area contributed by atoms with Crippen LogP contribution in [-0.2, 0) is 6.42 Å². The van der Waals surface area contributed by atoms with Gasteiger partial charge in [-0.1, -0.05) is 30.7 Å². The van der Waals surface area contributed by atoms with Gasteiger partial charge >= 0.3 is 0 Å². The van der Waals surface area contributed by atoms with Crippen molar-refractivity contribution in [2.24, 2.45) is 5.73 Å². The highest BCUT2D eigenvalue weighted by Crippen LogP contribution is 2.29. The highest BCUT2D eigenvalue weighted by Gasteiger charge is 2.11. The highest BCUT2D eigenvalue weighted by atomic mass is 35.5. The van der Waals surface area contributed by atoms with Gasteiger partial charge in [-0.25, -0.2) is 4.39 Å². The average molecular weight is 246 g/mol. The maximum Gasteiger partial charge on any atom is 0.141 e. The van der Waals surface area contributed by atoms with Crippen molar-refractivity contribution in [1.82, 2.24) is 0 Å². The Balaban J connectivity index is 2.84. The Bertz CT molecular complexity index is 333. The Morgan fingerprint density at radius 1 is 1.50 bits per heavy atom. The van der Waals surface area contributed by atoms with Gasteiger partial charge in [-0.05, 0) is 24.5 Å². The molecular formula is C12H17ClFNO. The largest absolute Gasteiger partial charge is 0.489 e. The van der Waals surface area contributed by atoms with Gasteiger partial charge in [-0.15, -0.1) is 0 Å². The molecule has 90 valence electrons. The second-order valence-corrected chi connectivity index (χ2v) is 4.05. The van der Waals surface area contributed by atoms with Gasteiger partial charge < -0.3 is 10.5 Å². The first kappa shape index (κ1) is 13.3. The van der Waals surface area contributed by atoms with Crippen LogP contribution in [0, 0.1) is 0 Å². The number of ether oxygens (including phenoxy) is 1. The molecule has 0 heterocycles. The molecule has 0 saturated heterocycles. The molecular weight excluding hydrogens is 229 g/mol. The summed E-state index contributed by atoms with van der Waals surface area (Å²) in [5, 5.41) is 0.509. The SMILES string of the molecule is CCC(N)Cc1cccc(Cl)c1OCCF. The van der Waals surface area contributed by atoms with Crippen LogP contribution in [0.2, 0.25) is 5.02 Å². The normalized spacial score (nSPS) is 12.5. The van der Waals surface area contributed by atoms with E-state index in [1.165, 1.54) is 0 Å². The van der Waals surface area contributed by atoms with Gasteiger partial charge in [-0.3, -0.25) is 0 Å². The van der Waals surface area contributed by atoms with Gasteiger partial charge in [-0.2, -0.15) is 0 Å². The van der Waals surface area contributed by atoms with Crippen LogP contribution in [0.4, 0.5) is 4.39 Å². The Kier molecular flexibility index (Phi) is 5.56. The molecule has 0 radical (unpaired) electrons. The molecule has 1 unspecified atom stereocenters. The Hall–Kier alpha value is -0.800. The van der Waals surface area contributed by atoms with Gasteiger partial charge in [0.15, 0.2) is 0 Å². The average Bonchev–Trinajstić information content (AvgIpc) is 2.28. The minimum Gasteiger partial charge on any atom is -0.489 e. The van der Waals surface area contributed by atoms with E-state index in [1.54, 1.807) is 6.07 Å². The van der Waals surface area contributed by atoms with Crippen LogP contribution in [-0.4, -0.2) is 19.3 Å². The molecule has 1 atom stereocenters. The van der Waals surface area contributed by atoms with Crippen molar-refractivity contribution in [3.63, 3.8) is 0 Å². The van der Waals surface area contributed by atoms with E-state index in [4.69, 9.17) is 22.1 Å². The third-order valence-electron chi connectivity index (χ3n) is 2.38. The first-order valence-electron chi connectivity index (χ1n) is 5.40. The van der Waals surface area contributed by atoms with E-state index in [0.29, 0.717) is 17.2 Å². The molecule has 4 heteroatoms. The summed E-state index contributed by atoms with van der Waals surface area (Å²) in [6.45, 7) is 1.53. The quantitative estimate of drug-likeness (QED) is 0.836. The van der Waals surface area contributed by atoms with Crippen molar-refractivity contribution in [2.45, 2.75) is 25.8 Å². The number of hydrogen-bond acceptors (Lipinski definition) is 2. The zero-order valence-electron chi connectivity index (χ0n) is 9.38. The molecule has 0 aliphatic rings. The van der Waals surface area contributed by atoms with Crippen molar-refractivity contribution < 1.29 is 9.13 Å². The standard InChI is InChI=1S/C12H17ClFNO/c1-2-10(15)8-9-4-3-5-11(13)12(9)16-7-6-14/h3-5,10H,2,6-8,15H2,1H3. The van der Waals surface area contributed by atoms with Crippen molar-refractivity contribution in [3.05, 3.63) is 28.8 Å². The number of rotatable bonds is 6. The van der Waals surface area contributed by atoms with Gasteiger partial charge in [0.05, 0.1) is 5.02 Å². The fourth-order valence-electron chi connectivity index (χ4n) is 1.44. The third-order valence-corrected chi connectivity index (χ3v) is 2.68. The Labute approximate surface area is 101 Å². The first-order valence-corrected chi connectivity index (χ1v) is 5.78. The molecule has 0 fully saturated rings. The van der Waals surface area contributed by atoms with Crippen LogP contribution in [0.5, 0.6) is 5.75 Å². The summed E-state index contributed by atoms with van der Waals surface area (Å²) < 4.78 is 17.4. The van der Waals surface area contributed by atoms with Gasteiger partial charge in [0.1, 0.15) is 19.0 Å². The van der Waals surface area contributed by atoms with Gasteiger partial charge in [0.2, 0.25) is 0 Å². The van der Waals surface area contributed by atoms with Crippen LogP contribution in [0.3, 0.4) is 0 Å². The topological polar surface area (TPSA) is 35.2 Å². The molecule has 0 bridgehead atoms. The monoisotopic (exact) mass is 245 g/mol. The van der Waals surface area contributed by atoms with Crippen molar-refractivity contribution in [1.29, 1.82) is 0 Å². The van der Waals surface area contributed by atoms with E-state index in [9.17, 15) is 4.39 Å². The minimum absolute atomic E-state index is 0.0259. The van der Waals surface area contributed by atoms with E-state index >= 15 is 0 Å². The molecule has 0 amide bonds. The first-order chi connectivity index (χ1) is 7.69. The van der Waals surface area contributed by atoms with Crippen molar-refractivity contribution in [3.8, 4) is 5.75 Å². The lowest BCUT2D eigenvalue weighted by Gasteiger charge is -2.14. The summed E-state index contributed by atoms with van der Waals surface area (Å²) in [5.41, 5.74) is 6.82. The number of para-hydroxylation sites is 1. The molecule has 1 rings (SSSR count). The zero-order valence-corrected chi connectivity index (χ0v) is 10.1. The number of halogens is 2. The predicted molar refractivity (Wildman–Crippen MR) is 64.9 cm³/mol. The van der Waals surface area contributed by atoms with Gasteiger partial charge in [0.25, 0.3) is 0 Å². The van der Waals surface area contributed by atoms with Crippen molar-refractivity contribution in [2.75, 3.05) is 13.3 Å². The third kappa shape index (κ3) is 3.65. The number of alkyl halides is 1. The predicted octanol–water partition coefficient (Wildman–Crippen LogP) is 2.97. The smallest absolute Gasteiger partial charge is 0.141 e. The van der Waals surface area contributed by atoms with E-state index in [-0.39, 0.29) is 12.6 Å². The maximum atomic E-state index is 12.1. The summed E-state index contributed by atoms with van der Waals surface area (Å²) in [6, 6.07) is 5.57. The van der Waals surface area contributed by atoms with Crippen LogP contribution in [0.25, 0.3) is 0 Å². The highest BCUT2D eigenvalue weighted by molar-refractivity contribution is 6.32. The molecule has 0 spiro atoms. The lowest BCUT2D eigenvalue weighted by molar-refractivity contribution is 0.270. The van der Waals surface area contributed by atoms with Gasteiger partial charge in [0, 0.05) is 6.04 Å². The van der Waals surface area contributed by atoms with E-state index in [1.807, 2.05) is 19.1 Å². The molecule has 0 aromatic heterocycles. The molecule has 2 nitrogen and oxygen atoms in total. The number of benzene rings is 1. The molecule has 1 aromatic carbocycles. The second kappa shape index (κ2) is 6.71. The van der Waals surface area contributed by atoms with Crippen LogP contribution >= 0.6 is 11.6 Å². The Morgan fingerprint density at radius 2 is 2.25 bits per heavy atom. The van der Waals surface area contributed by atoms with Crippen LogP contribution in [0.1, 0.15) is 18.9 Å². The summed E-state index contributed by atoms with van der Waals surface area (Å²) in [4.78, 5) is 0. The maximum absolute atomic E-state index is 12.1. The van der Waals surface area contributed by atoms with E-state index < -0.39 is 6.67 Å². The van der Waals surface area contributed by atoms with Crippen LogP contribution < -0.4 is 10.5 Å². The lowest BCUT2D eigenvalue weighted by Crippen LogP contribution is -2.21. The summed E-state index contributed by atoms with van der Waals surface area (Å²) in [6.07, 6.45) is 1.58. The molecule has 0 saturated carbocycles. The minimum atomic E-state index is -0.523. The molecule has 1 aromatic rings. The van der Waals surface area contributed by atoms with E-state index in [0.717, 1.165) is 12.0 Å². The Morgan fingerprint density at radius 3 is 2.88 bits per heavy atom. The molecule has 0 aliphatic heterocycles. The fraction of sp³-hybridized carbons (Fsp3) is 0.500. The van der Waals surface area contributed by atoms with Crippen LogP contribution in [0.15, 0.2) is 18.2 Å². The summed E-state index contributed by atoms with van der Waals surface area (Å²) in [5.74, 6) is 0.561. The number of hydrogen-bond donors (Lipinski definition) is 1.